The minimum atomic E-state index is 0.563. The van der Waals surface area contributed by atoms with E-state index in [2.05, 4.69) is 0 Å². The molecule has 0 aliphatic carbocycles. The summed E-state index contributed by atoms with van der Waals surface area (Å²) in [4.78, 5) is 0. The molecule has 0 fully saturated rings. The van der Waals surface area contributed by atoms with Crippen molar-refractivity contribution in [2.75, 3.05) is 13.2 Å². The van der Waals surface area contributed by atoms with E-state index in [0.29, 0.717) is 13.2 Å². The minimum Gasteiger partial charge on any atom is -0.490 e. The molecule has 20 heavy (non-hydrogen) atoms. The van der Waals surface area contributed by atoms with Gasteiger partial charge in [-0.3, -0.25) is 0 Å². The van der Waals surface area contributed by atoms with Crippen LogP contribution in [0.15, 0.2) is 85.0 Å². The van der Waals surface area contributed by atoms with Crippen LogP contribution in [0.2, 0.25) is 0 Å². The monoisotopic (exact) mass is 266 g/mol. The van der Waals surface area contributed by atoms with Crippen LogP contribution in [0.5, 0.6) is 11.5 Å². The van der Waals surface area contributed by atoms with Crippen molar-refractivity contribution in [2.24, 2.45) is 0 Å². The van der Waals surface area contributed by atoms with E-state index < -0.39 is 0 Å². The van der Waals surface area contributed by atoms with Crippen LogP contribution < -0.4 is 9.47 Å². The van der Waals surface area contributed by atoms with Gasteiger partial charge >= 0.3 is 0 Å². The van der Waals surface area contributed by atoms with Gasteiger partial charge in [0, 0.05) is 0 Å². The van der Waals surface area contributed by atoms with Gasteiger partial charge in [-0.25, -0.2) is 0 Å². The molecule has 0 spiro atoms. The van der Waals surface area contributed by atoms with Crippen LogP contribution in [-0.4, -0.2) is 13.2 Å². The number of hydrogen-bond donors (Lipinski definition) is 0. The zero-order valence-electron chi connectivity index (χ0n) is 11.3. The van der Waals surface area contributed by atoms with Crippen molar-refractivity contribution >= 4 is 0 Å². The maximum atomic E-state index is 5.53. The van der Waals surface area contributed by atoms with Crippen LogP contribution in [0.1, 0.15) is 0 Å². The first-order valence-corrected chi connectivity index (χ1v) is 6.62. The normalized spacial score (nSPS) is 11.0. The van der Waals surface area contributed by atoms with Gasteiger partial charge in [0.25, 0.3) is 0 Å². The van der Waals surface area contributed by atoms with E-state index >= 15 is 0 Å². The molecule has 2 aromatic rings. The molecule has 0 heterocycles. The fourth-order valence-electron chi connectivity index (χ4n) is 1.59. The zero-order chi connectivity index (χ0) is 13.9. The third kappa shape index (κ3) is 5.44. The van der Waals surface area contributed by atoms with E-state index in [9.17, 15) is 0 Å². The Kier molecular flexibility index (Phi) is 5.99. The lowest BCUT2D eigenvalue weighted by atomic mass is 10.3. The van der Waals surface area contributed by atoms with Crippen LogP contribution in [-0.2, 0) is 0 Å². The number of benzene rings is 2. The molecule has 0 unspecified atom stereocenters. The summed E-state index contributed by atoms with van der Waals surface area (Å²) < 4.78 is 11.1. The first kappa shape index (κ1) is 13.9. The molecule has 2 aromatic carbocycles. The quantitative estimate of drug-likeness (QED) is 0.697. The third-order valence-corrected chi connectivity index (χ3v) is 2.56. The molecule has 2 rings (SSSR count). The molecule has 0 aliphatic rings. The fraction of sp³-hybridized carbons (Fsp3) is 0.111. The van der Waals surface area contributed by atoms with Crippen LogP contribution >= 0.6 is 0 Å². The second-order valence-corrected chi connectivity index (χ2v) is 4.10. The standard InChI is InChI=1S/C18H18O2/c1(9-15-19-17-11-5-3-6-12-17)2-10-16-20-18-13-7-4-8-14-18/h1-14H,15-16H2. The van der Waals surface area contributed by atoms with E-state index in [1.54, 1.807) is 0 Å². The molecule has 0 saturated carbocycles. The molecule has 0 radical (unpaired) electrons. The maximum Gasteiger partial charge on any atom is 0.119 e. The number of hydrogen-bond acceptors (Lipinski definition) is 2. The minimum absolute atomic E-state index is 0.563. The summed E-state index contributed by atoms with van der Waals surface area (Å²) in [5, 5.41) is 0. The van der Waals surface area contributed by atoms with Gasteiger partial charge in [0.1, 0.15) is 24.7 Å². The highest BCUT2D eigenvalue weighted by molar-refractivity contribution is 5.22. The van der Waals surface area contributed by atoms with Crippen LogP contribution in [0.4, 0.5) is 0 Å². The molecule has 0 saturated heterocycles. The Bertz CT molecular complexity index is 478. The summed E-state index contributed by atoms with van der Waals surface area (Å²) in [6, 6.07) is 19.5. The van der Waals surface area contributed by atoms with Crippen molar-refractivity contribution in [1.82, 2.24) is 0 Å². The maximum absolute atomic E-state index is 5.53. The van der Waals surface area contributed by atoms with Crippen LogP contribution in [0.3, 0.4) is 0 Å². The zero-order valence-corrected chi connectivity index (χ0v) is 11.3. The van der Waals surface area contributed by atoms with Crippen LogP contribution in [0.25, 0.3) is 0 Å². The first-order valence-electron chi connectivity index (χ1n) is 6.62. The largest absolute Gasteiger partial charge is 0.490 e. The summed E-state index contributed by atoms with van der Waals surface area (Å²) in [6.45, 7) is 1.13. The summed E-state index contributed by atoms with van der Waals surface area (Å²) in [5.41, 5.74) is 0. The Morgan fingerprint density at radius 3 is 1.40 bits per heavy atom. The highest BCUT2D eigenvalue weighted by Gasteiger charge is 1.87. The average Bonchev–Trinajstić information content (AvgIpc) is 2.52. The molecule has 2 nitrogen and oxygen atoms in total. The molecule has 0 N–H and O–H groups in total. The molecule has 0 bridgehead atoms. The lowest BCUT2D eigenvalue weighted by Crippen LogP contribution is -1.93. The Balaban J connectivity index is 1.60. The second-order valence-electron chi connectivity index (χ2n) is 4.10. The van der Waals surface area contributed by atoms with E-state index in [4.69, 9.17) is 9.47 Å². The Morgan fingerprint density at radius 1 is 0.600 bits per heavy atom. The molecule has 0 aliphatic heterocycles. The van der Waals surface area contributed by atoms with E-state index in [-0.39, 0.29) is 0 Å². The number of allylic oxidation sites excluding steroid dienone is 2. The average molecular weight is 266 g/mol. The second kappa shape index (κ2) is 8.59. The van der Waals surface area contributed by atoms with Gasteiger partial charge < -0.3 is 9.47 Å². The molecule has 0 atom stereocenters. The highest BCUT2D eigenvalue weighted by Crippen LogP contribution is 2.08. The number of ether oxygens (including phenoxy) is 2. The van der Waals surface area contributed by atoms with Gasteiger partial charge in [0.15, 0.2) is 0 Å². The summed E-state index contributed by atoms with van der Waals surface area (Å²) in [7, 11) is 0. The molecule has 2 heteroatoms. The van der Waals surface area contributed by atoms with Crippen molar-refractivity contribution in [3.05, 3.63) is 85.0 Å². The molecule has 102 valence electrons. The number of para-hydroxylation sites is 2. The lowest BCUT2D eigenvalue weighted by Gasteiger charge is -2.01. The fourth-order valence-corrected chi connectivity index (χ4v) is 1.59. The van der Waals surface area contributed by atoms with Crippen molar-refractivity contribution in [3.63, 3.8) is 0 Å². The SMILES string of the molecule is C(C=CCOc1ccccc1)=CCOc1ccccc1. The predicted octanol–water partition coefficient (Wildman–Crippen LogP) is 4.26. The van der Waals surface area contributed by atoms with Gasteiger partial charge in [-0.1, -0.05) is 48.6 Å². The topological polar surface area (TPSA) is 18.5 Å². The smallest absolute Gasteiger partial charge is 0.119 e. The summed E-state index contributed by atoms with van der Waals surface area (Å²) in [5.74, 6) is 1.77. The van der Waals surface area contributed by atoms with Crippen molar-refractivity contribution in [1.29, 1.82) is 0 Å². The van der Waals surface area contributed by atoms with E-state index in [1.165, 1.54) is 0 Å². The highest BCUT2D eigenvalue weighted by atomic mass is 16.5. The van der Waals surface area contributed by atoms with Crippen molar-refractivity contribution in [3.8, 4) is 11.5 Å². The molecular formula is C18H18O2. The predicted molar refractivity (Wildman–Crippen MR) is 82.2 cm³/mol. The van der Waals surface area contributed by atoms with Gasteiger partial charge in [0.05, 0.1) is 0 Å². The Hall–Kier alpha value is -2.48. The van der Waals surface area contributed by atoms with Gasteiger partial charge in [-0.05, 0) is 36.4 Å². The summed E-state index contributed by atoms with van der Waals surface area (Å²) >= 11 is 0. The first-order chi connectivity index (χ1) is 9.95. The van der Waals surface area contributed by atoms with Gasteiger partial charge in [0.2, 0.25) is 0 Å². The van der Waals surface area contributed by atoms with Crippen molar-refractivity contribution in [2.45, 2.75) is 0 Å². The lowest BCUT2D eigenvalue weighted by molar-refractivity contribution is 0.361. The van der Waals surface area contributed by atoms with Crippen molar-refractivity contribution < 1.29 is 9.47 Å². The van der Waals surface area contributed by atoms with Gasteiger partial charge in [-0.2, -0.15) is 0 Å². The third-order valence-electron chi connectivity index (χ3n) is 2.56. The van der Waals surface area contributed by atoms with Gasteiger partial charge in [-0.15, -0.1) is 0 Å². The Labute approximate surface area is 120 Å². The van der Waals surface area contributed by atoms with E-state index in [0.717, 1.165) is 11.5 Å². The summed E-state index contributed by atoms with van der Waals surface area (Å²) in [6.07, 6.45) is 7.84. The Morgan fingerprint density at radius 2 is 1.00 bits per heavy atom. The molecule has 0 amide bonds. The van der Waals surface area contributed by atoms with Crippen LogP contribution in [0, 0.1) is 0 Å². The molecular weight excluding hydrogens is 248 g/mol. The van der Waals surface area contributed by atoms with E-state index in [1.807, 2.05) is 85.0 Å². The number of rotatable bonds is 7. The molecule has 0 aromatic heterocycles.